The predicted octanol–water partition coefficient (Wildman–Crippen LogP) is 3.59. The van der Waals surface area contributed by atoms with Crippen molar-refractivity contribution in [1.82, 2.24) is 35.4 Å². The zero-order valence-electron chi connectivity index (χ0n) is 16.8. The van der Waals surface area contributed by atoms with Gasteiger partial charge in [0.1, 0.15) is 11.5 Å². The largest absolute Gasteiger partial charge is 0.416 e. The normalized spacial score (nSPS) is 11.8. The van der Waals surface area contributed by atoms with Crippen LogP contribution in [0.1, 0.15) is 27.2 Å². The van der Waals surface area contributed by atoms with E-state index < -0.39 is 17.6 Å². The number of hydrogen-bond donors (Lipinski definition) is 1. The summed E-state index contributed by atoms with van der Waals surface area (Å²) >= 11 is 6.33. The summed E-state index contributed by atoms with van der Waals surface area (Å²) in [6.07, 6.45) is -1.79. The summed E-state index contributed by atoms with van der Waals surface area (Å²) in [4.78, 5) is 12.3. The van der Waals surface area contributed by atoms with Crippen molar-refractivity contribution in [3.05, 3.63) is 82.4 Å². The Morgan fingerprint density at radius 2 is 1.91 bits per heavy atom. The molecular weight excluding hydrogens is 461 g/mol. The first-order valence-corrected chi connectivity index (χ1v) is 9.71. The van der Waals surface area contributed by atoms with Crippen LogP contribution in [0.5, 0.6) is 0 Å². The van der Waals surface area contributed by atoms with Gasteiger partial charge in [-0.3, -0.25) is 4.79 Å². The molecule has 0 saturated heterocycles. The van der Waals surface area contributed by atoms with E-state index in [-0.39, 0.29) is 10.8 Å². The van der Waals surface area contributed by atoms with E-state index in [4.69, 9.17) is 11.6 Å². The average molecular weight is 475 g/mol. The van der Waals surface area contributed by atoms with Gasteiger partial charge in [0, 0.05) is 5.56 Å². The van der Waals surface area contributed by atoms with E-state index in [1.54, 1.807) is 31.2 Å². The number of carbonyl (C=O) groups is 1. The Morgan fingerprint density at radius 1 is 1.15 bits per heavy atom. The molecule has 0 aliphatic heterocycles. The Labute approximate surface area is 189 Å². The predicted molar refractivity (Wildman–Crippen MR) is 113 cm³/mol. The lowest BCUT2D eigenvalue weighted by Crippen LogP contribution is -2.17. The lowest BCUT2D eigenvalue weighted by molar-refractivity contribution is -0.137. The Bertz CT molecular complexity index is 1310. The Kier molecular flexibility index (Phi) is 5.92. The van der Waals surface area contributed by atoms with Crippen molar-refractivity contribution in [3.8, 4) is 11.4 Å². The standard InChI is InChI=1S/C20H14ClF3N8O/c1-12-17(18(21)32(28-12)16-4-2-3-14(9-16)20(22,23)24)10-25-27-19(33)13-5-7-15(8-6-13)31-11-26-29-30-31/h2-11H,1H3,(H,27,33)/b25-10+. The fourth-order valence-corrected chi connectivity index (χ4v) is 3.23. The van der Waals surface area contributed by atoms with E-state index in [1.807, 2.05) is 0 Å². The van der Waals surface area contributed by atoms with E-state index in [2.05, 4.69) is 31.2 Å². The second kappa shape index (κ2) is 8.82. The molecule has 9 nitrogen and oxygen atoms in total. The maximum atomic E-state index is 13.0. The number of alkyl halides is 3. The molecule has 168 valence electrons. The highest BCUT2D eigenvalue weighted by Crippen LogP contribution is 2.31. The van der Waals surface area contributed by atoms with Crippen LogP contribution in [0.2, 0.25) is 5.15 Å². The van der Waals surface area contributed by atoms with Gasteiger partial charge in [0.05, 0.1) is 34.4 Å². The molecule has 0 fully saturated rings. The highest BCUT2D eigenvalue weighted by molar-refractivity contribution is 6.32. The zero-order chi connectivity index (χ0) is 23.6. The molecule has 0 saturated carbocycles. The first-order chi connectivity index (χ1) is 15.7. The fraction of sp³-hybridized carbons (Fsp3) is 0.100. The van der Waals surface area contributed by atoms with Crippen molar-refractivity contribution in [2.75, 3.05) is 0 Å². The van der Waals surface area contributed by atoms with Crippen LogP contribution in [0, 0.1) is 6.92 Å². The molecule has 13 heteroatoms. The number of rotatable bonds is 5. The van der Waals surface area contributed by atoms with Crippen LogP contribution in [0.4, 0.5) is 13.2 Å². The molecule has 33 heavy (non-hydrogen) atoms. The molecule has 1 N–H and O–H groups in total. The van der Waals surface area contributed by atoms with Crippen molar-refractivity contribution in [3.63, 3.8) is 0 Å². The molecular formula is C20H14ClF3N8O. The van der Waals surface area contributed by atoms with Gasteiger partial charge >= 0.3 is 6.18 Å². The molecule has 4 rings (SSSR count). The van der Waals surface area contributed by atoms with Crippen LogP contribution in [0.25, 0.3) is 11.4 Å². The van der Waals surface area contributed by atoms with Crippen LogP contribution in [0.15, 0.2) is 60.0 Å². The smallest absolute Gasteiger partial charge is 0.267 e. The van der Waals surface area contributed by atoms with Crippen LogP contribution in [-0.4, -0.2) is 42.1 Å². The molecule has 0 aliphatic rings. The third kappa shape index (κ3) is 4.75. The van der Waals surface area contributed by atoms with Gasteiger partial charge in [-0.1, -0.05) is 17.7 Å². The maximum Gasteiger partial charge on any atom is 0.416 e. The van der Waals surface area contributed by atoms with Crippen molar-refractivity contribution in [2.24, 2.45) is 5.10 Å². The Balaban J connectivity index is 1.49. The molecule has 0 aliphatic carbocycles. The fourth-order valence-electron chi connectivity index (χ4n) is 2.91. The lowest BCUT2D eigenvalue weighted by atomic mass is 10.2. The van der Waals surface area contributed by atoms with Crippen LogP contribution < -0.4 is 5.43 Å². The molecule has 0 unspecified atom stereocenters. The third-order valence-corrected chi connectivity index (χ3v) is 4.93. The van der Waals surface area contributed by atoms with E-state index in [0.29, 0.717) is 22.5 Å². The molecule has 1 amide bonds. The van der Waals surface area contributed by atoms with Gasteiger partial charge in [0.2, 0.25) is 0 Å². The zero-order valence-corrected chi connectivity index (χ0v) is 17.6. The van der Waals surface area contributed by atoms with Crippen LogP contribution >= 0.6 is 11.6 Å². The summed E-state index contributed by atoms with van der Waals surface area (Å²) in [5, 5.41) is 19.0. The highest BCUT2D eigenvalue weighted by Gasteiger charge is 2.30. The minimum atomic E-state index is -4.50. The summed E-state index contributed by atoms with van der Waals surface area (Å²) in [5.41, 5.74) is 3.47. The SMILES string of the molecule is Cc1nn(-c2cccc(C(F)(F)F)c2)c(Cl)c1/C=N/NC(=O)c1ccc(-n2cnnn2)cc1. The molecule has 0 radical (unpaired) electrons. The lowest BCUT2D eigenvalue weighted by Gasteiger charge is -2.09. The number of carbonyl (C=O) groups excluding carboxylic acids is 1. The second-order valence-corrected chi connectivity index (χ2v) is 7.11. The van der Waals surface area contributed by atoms with Gasteiger partial charge in [0.15, 0.2) is 0 Å². The number of aryl methyl sites for hydroxylation is 1. The van der Waals surface area contributed by atoms with Gasteiger partial charge in [0.25, 0.3) is 5.91 Å². The van der Waals surface area contributed by atoms with E-state index in [9.17, 15) is 18.0 Å². The summed E-state index contributed by atoms with van der Waals surface area (Å²) < 4.78 is 41.6. The van der Waals surface area contributed by atoms with Crippen molar-refractivity contribution in [2.45, 2.75) is 13.1 Å². The van der Waals surface area contributed by atoms with Gasteiger partial charge in [-0.2, -0.15) is 23.4 Å². The van der Waals surface area contributed by atoms with Gasteiger partial charge < -0.3 is 0 Å². The topological polar surface area (TPSA) is 103 Å². The number of amides is 1. The number of aromatic nitrogens is 6. The van der Waals surface area contributed by atoms with Crippen LogP contribution in [-0.2, 0) is 6.18 Å². The number of hydrogen-bond acceptors (Lipinski definition) is 6. The number of tetrazole rings is 1. The summed E-state index contributed by atoms with van der Waals surface area (Å²) in [5.74, 6) is -0.478. The molecule has 0 bridgehead atoms. The molecule has 0 spiro atoms. The van der Waals surface area contributed by atoms with Crippen molar-refractivity contribution >= 4 is 23.7 Å². The highest BCUT2D eigenvalue weighted by atomic mass is 35.5. The first kappa shape index (κ1) is 22.1. The number of nitrogens with one attached hydrogen (secondary N) is 1. The van der Waals surface area contributed by atoms with Gasteiger partial charge in [-0.15, -0.1) is 5.10 Å². The summed E-state index contributed by atoms with van der Waals surface area (Å²) in [6, 6.07) is 11.1. The summed E-state index contributed by atoms with van der Waals surface area (Å²) in [7, 11) is 0. The number of hydrazone groups is 1. The Hall–Kier alpha value is -4.06. The van der Waals surface area contributed by atoms with Crippen molar-refractivity contribution < 1.29 is 18.0 Å². The second-order valence-electron chi connectivity index (χ2n) is 6.75. The first-order valence-electron chi connectivity index (χ1n) is 9.33. The molecule has 2 heterocycles. The molecule has 2 aromatic heterocycles. The average Bonchev–Trinajstić information content (AvgIpc) is 3.43. The maximum absolute atomic E-state index is 13.0. The molecule has 4 aromatic rings. The third-order valence-electron chi connectivity index (χ3n) is 4.57. The monoisotopic (exact) mass is 474 g/mol. The van der Waals surface area contributed by atoms with E-state index in [0.717, 1.165) is 12.1 Å². The number of nitrogens with zero attached hydrogens (tertiary/aromatic N) is 7. The summed E-state index contributed by atoms with van der Waals surface area (Å²) in [6.45, 7) is 1.62. The number of halogens is 4. The van der Waals surface area contributed by atoms with E-state index >= 15 is 0 Å². The molecule has 2 aromatic carbocycles. The Morgan fingerprint density at radius 3 is 2.58 bits per heavy atom. The van der Waals surface area contributed by atoms with Crippen molar-refractivity contribution in [1.29, 1.82) is 0 Å². The minimum Gasteiger partial charge on any atom is -0.267 e. The van der Waals surface area contributed by atoms with Gasteiger partial charge in [-0.25, -0.2) is 14.8 Å². The van der Waals surface area contributed by atoms with Crippen LogP contribution in [0.3, 0.4) is 0 Å². The minimum absolute atomic E-state index is 0.0515. The van der Waals surface area contributed by atoms with Gasteiger partial charge in [-0.05, 0) is 59.8 Å². The quantitative estimate of drug-likeness (QED) is 0.352. The van der Waals surface area contributed by atoms with E-state index in [1.165, 1.54) is 34.0 Å². The number of benzene rings is 2. The molecule has 0 atom stereocenters.